The first kappa shape index (κ1) is 18.7. The summed E-state index contributed by atoms with van der Waals surface area (Å²) in [5.41, 5.74) is 1.46. The van der Waals surface area contributed by atoms with Crippen LogP contribution < -0.4 is 5.32 Å². The smallest absolute Gasteiger partial charge is 0.310 e. The van der Waals surface area contributed by atoms with Crippen molar-refractivity contribution in [2.45, 2.75) is 26.2 Å². The van der Waals surface area contributed by atoms with Crippen LogP contribution in [0.3, 0.4) is 0 Å². The molecule has 0 spiro atoms. The van der Waals surface area contributed by atoms with Gasteiger partial charge in [0.05, 0.1) is 13.0 Å². The number of carbonyl (C=O) groups excluding carboxylic acids is 3. The molecule has 1 fully saturated rings. The number of hydrogen-bond donors (Lipinski definition) is 1. The minimum absolute atomic E-state index is 0.0565. The van der Waals surface area contributed by atoms with Crippen LogP contribution in [0.1, 0.15) is 25.3 Å². The Morgan fingerprint density at radius 2 is 2.04 bits per heavy atom. The van der Waals surface area contributed by atoms with E-state index in [0.717, 1.165) is 5.56 Å². The van der Waals surface area contributed by atoms with Crippen LogP contribution in [0.4, 0.5) is 5.69 Å². The van der Waals surface area contributed by atoms with Crippen molar-refractivity contribution >= 4 is 23.5 Å². The molecule has 6 heteroatoms. The molecule has 6 nitrogen and oxygen atoms in total. The average Bonchev–Trinajstić information content (AvgIpc) is 2.61. The van der Waals surface area contributed by atoms with Crippen molar-refractivity contribution in [1.29, 1.82) is 0 Å². The van der Waals surface area contributed by atoms with Gasteiger partial charge in [0, 0.05) is 24.7 Å². The lowest BCUT2D eigenvalue weighted by molar-refractivity contribution is -0.142. The van der Waals surface area contributed by atoms with Gasteiger partial charge in [-0.1, -0.05) is 18.7 Å². The summed E-state index contributed by atoms with van der Waals surface area (Å²) in [4.78, 5) is 37.3. The molecule has 1 heterocycles. The third-order valence-electron chi connectivity index (χ3n) is 4.20. The Labute approximate surface area is 147 Å². The molecule has 2 amide bonds. The molecule has 0 aliphatic carbocycles. The van der Waals surface area contributed by atoms with Gasteiger partial charge >= 0.3 is 5.97 Å². The summed E-state index contributed by atoms with van der Waals surface area (Å²) in [6.07, 6.45) is 2.75. The fraction of sp³-hybridized carbons (Fsp3) is 0.421. The number of hydrogen-bond acceptors (Lipinski definition) is 4. The van der Waals surface area contributed by atoms with Crippen LogP contribution in [-0.2, 0) is 25.5 Å². The van der Waals surface area contributed by atoms with Gasteiger partial charge in [0.2, 0.25) is 11.8 Å². The zero-order valence-corrected chi connectivity index (χ0v) is 14.5. The number of nitrogens with zero attached hydrogens (tertiary/aromatic N) is 1. The number of benzene rings is 1. The minimum atomic E-state index is -0.287. The largest absolute Gasteiger partial charge is 0.466 e. The Kier molecular flexibility index (Phi) is 6.74. The van der Waals surface area contributed by atoms with Crippen LogP contribution in [0.25, 0.3) is 0 Å². The van der Waals surface area contributed by atoms with Gasteiger partial charge in [0.25, 0.3) is 0 Å². The van der Waals surface area contributed by atoms with Crippen molar-refractivity contribution in [3.8, 4) is 0 Å². The molecule has 0 unspecified atom stereocenters. The van der Waals surface area contributed by atoms with Crippen molar-refractivity contribution in [2.24, 2.45) is 5.92 Å². The molecule has 2 rings (SSSR count). The highest BCUT2D eigenvalue weighted by Crippen LogP contribution is 2.20. The number of esters is 1. The second-order valence-corrected chi connectivity index (χ2v) is 5.98. The number of anilines is 1. The molecule has 1 aliphatic rings. The van der Waals surface area contributed by atoms with Crippen molar-refractivity contribution < 1.29 is 19.1 Å². The molecule has 25 heavy (non-hydrogen) atoms. The van der Waals surface area contributed by atoms with E-state index in [2.05, 4.69) is 11.9 Å². The van der Waals surface area contributed by atoms with E-state index in [1.165, 1.54) is 6.08 Å². The minimum Gasteiger partial charge on any atom is -0.466 e. The van der Waals surface area contributed by atoms with Gasteiger partial charge in [-0.25, -0.2) is 0 Å². The van der Waals surface area contributed by atoms with Crippen LogP contribution in [0.2, 0.25) is 0 Å². The second kappa shape index (κ2) is 9.01. The van der Waals surface area contributed by atoms with E-state index >= 15 is 0 Å². The van der Waals surface area contributed by atoms with Crippen molar-refractivity contribution in [2.75, 3.05) is 25.0 Å². The molecular formula is C19H24N2O4. The maximum Gasteiger partial charge on any atom is 0.310 e. The number of nitrogens with one attached hydrogen (secondary N) is 1. The predicted octanol–water partition coefficient (Wildman–Crippen LogP) is 2.16. The van der Waals surface area contributed by atoms with Gasteiger partial charge in [0.15, 0.2) is 0 Å². The molecule has 0 aromatic heterocycles. The van der Waals surface area contributed by atoms with E-state index in [9.17, 15) is 14.4 Å². The van der Waals surface area contributed by atoms with Crippen LogP contribution in [0.5, 0.6) is 0 Å². The van der Waals surface area contributed by atoms with Crippen molar-refractivity contribution in [1.82, 2.24) is 4.90 Å². The third kappa shape index (κ3) is 5.45. The number of likely N-dealkylation sites (tertiary alicyclic amines) is 1. The third-order valence-corrected chi connectivity index (χ3v) is 4.20. The first-order valence-electron chi connectivity index (χ1n) is 8.50. The number of rotatable bonds is 6. The van der Waals surface area contributed by atoms with E-state index < -0.39 is 0 Å². The van der Waals surface area contributed by atoms with Crippen molar-refractivity contribution in [3.05, 3.63) is 42.5 Å². The van der Waals surface area contributed by atoms with E-state index in [-0.39, 0.29) is 30.1 Å². The predicted molar refractivity (Wildman–Crippen MR) is 94.9 cm³/mol. The Morgan fingerprint density at radius 3 is 2.68 bits per heavy atom. The molecule has 1 N–H and O–H groups in total. The lowest BCUT2D eigenvalue weighted by Crippen LogP contribution is -2.40. The van der Waals surface area contributed by atoms with Crippen molar-refractivity contribution in [3.63, 3.8) is 0 Å². The second-order valence-electron chi connectivity index (χ2n) is 5.98. The topological polar surface area (TPSA) is 75.7 Å². The number of carbonyl (C=O) groups is 3. The summed E-state index contributed by atoms with van der Waals surface area (Å²) in [6, 6.07) is 7.20. The molecule has 0 radical (unpaired) electrons. The molecule has 1 aromatic rings. The summed E-state index contributed by atoms with van der Waals surface area (Å²) < 4.78 is 4.94. The van der Waals surface area contributed by atoms with Gasteiger partial charge in [-0.15, -0.1) is 0 Å². The molecule has 0 atom stereocenters. The molecule has 1 aromatic carbocycles. The Morgan fingerprint density at radius 1 is 1.32 bits per heavy atom. The number of piperidine rings is 1. The summed E-state index contributed by atoms with van der Waals surface area (Å²) in [5, 5.41) is 2.90. The summed E-state index contributed by atoms with van der Waals surface area (Å²) in [6.45, 7) is 6.72. The maximum absolute atomic E-state index is 12.4. The molecule has 134 valence electrons. The van der Waals surface area contributed by atoms with Crippen LogP contribution >= 0.6 is 0 Å². The molecular weight excluding hydrogens is 320 g/mol. The van der Waals surface area contributed by atoms with E-state index in [0.29, 0.717) is 38.2 Å². The van der Waals surface area contributed by atoms with Gasteiger partial charge in [-0.3, -0.25) is 14.4 Å². The van der Waals surface area contributed by atoms with E-state index in [1.54, 1.807) is 30.0 Å². The number of amides is 2. The first-order valence-corrected chi connectivity index (χ1v) is 8.50. The lowest BCUT2D eigenvalue weighted by Gasteiger charge is -2.30. The lowest BCUT2D eigenvalue weighted by atomic mass is 9.95. The molecule has 0 bridgehead atoms. The fourth-order valence-corrected chi connectivity index (χ4v) is 2.87. The van der Waals surface area contributed by atoms with Crippen LogP contribution in [-0.4, -0.2) is 42.4 Å². The standard InChI is InChI=1S/C19H24N2O4/c1-3-17(22)21-10-8-15(9-11-21)19(24)20-16-7-5-6-14(12-16)13-18(23)25-4-2/h3,5-7,12,15H,1,4,8-11,13H2,2H3,(H,20,24). The van der Waals surface area contributed by atoms with Gasteiger partial charge in [-0.2, -0.15) is 0 Å². The van der Waals surface area contributed by atoms with E-state index in [1.807, 2.05) is 6.07 Å². The Hall–Kier alpha value is -2.63. The quantitative estimate of drug-likeness (QED) is 0.634. The van der Waals surface area contributed by atoms with Crippen LogP contribution in [0.15, 0.2) is 36.9 Å². The Balaban J connectivity index is 1.89. The fourth-order valence-electron chi connectivity index (χ4n) is 2.87. The SMILES string of the molecule is C=CC(=O)N1CCC(C(=O)Nc2cccc(CC(=O)OCC)c2)CC1. The summed E-state index contributed by atoms with van der Waals surface area (Å²) in [5.74, 6) is -0.558. The van der Waals surface area contributed by atoms with E-state index in [4.69, 9.17) is 4.74 Å². The monoisotopic (exact) mass is 344 g/mol. The zero-order valence-electron chi connectivity index (χ0n) is 14.5. The zero-order chi connectivity index (χ0) is 18.2. The van der Waals surface area contributed by atoms with Gasteiger partial charge < -0.3 is 15.0 Å². The maximum atomic E-state index is 12.4. The van der Waals surface area contributed by atoms with Gasteiger partial charge in [-0.05, 0) is 43.5 Å². The highest BCUT2D eigenvalue weighted by atomic mass is 16.5. The highest BCUT2D eigenvalue weighted by Gasteiger charge is 2.26. The first-order chi connectivity index (χ1) is 12.0. The Bertz CT molecular complexity index is 649. The normalized spacial score (nSPS) is 14.7. The molecule has 0 saturated carbocycles. The van der Waals surface area contributed by atoms with Gasteiger partial charge in [0.1, 0.15) is 0 Å². The average molecular weight is 344 g/mol. The summed E-state index contributed by atoms with van der Waals surface area (Å²) >= 11 is 0. The van der Waals surface area contributed by atoms with Crippen LogP contribution in [0, 0.1) is 5.92 Å². The summed E-state index contributed by atoms with van der Waals surface area (Å²) in [7, 11) is 0. The molecule has 1 saturated heterocycles. The molecule has 1 aliphatic heterocycles. The number of ether oxygens (including phenoxy) is 1. The highest BCUT2D eigenvalue weighted by molar-refractivity contribution is 5.93.